The minimum atomic E-state index is -3.34. The van der Waals surface area contributed by atoms with Gasteiger partial charge < -0.3 is 10.8 Å². The fraction of sp³-hybridized carbons (Fsp3) is 0.286. The predicted octanol–water partition coefficient (Wildman–Crippen LogP) is 0.735. The molecule has 0 aromatic heterocycles. The van der Waals surface area contributed by atoms with Gasteiger partial charge in [0, 0.05) is 5.70 Å². The molecule has 1 aliphatic rings. The molecule has 0 aromatic rings. The molecule has 0 amide bonds. The van der Waals surface area contributed by atoms with Crippen molar-refractivity contribution in [1.82, 2.24) is 0 Å². The van der Waals surface area contributed by atoms with Crippen LogP contribution in [0.3, 0.4) is 0 Å². The lowest BCUT2D eigenvalue weighted by atomic mass is 9.95. The summed E-state index contributed by atoms with van der Waals surface area (Å²) in [6.07, 6.45) is 2.34. The molecule has 5 heteroatoms. The zero-order valence-corrected chi connectivity index (χ0v) is 6.00. The molecule has 0 bridgehead atoms. The van der Waals surface area contributed by atoms with Crippen molar-refractivity contribution in [2.75, 3.05) is 0 Å². The van der Waals surface area contributed by atoms with E-state index in [1.165, 1.54) is 0 Å². The van der Waals surface area contributed by atoms with Crippen molar-refractivity contribution in [3.8, 4) is 0 Å². The van der Waals surface area contributed by atoms with Crippen molar-refractivity contribution in [2.45, 2.75) is 5.92 Å². The number of alkyl halides is 2. The van der Waals surface area contributed by atoms with E-state index in [0.29, 0.717) is 6.08 Å². The van der Waals surface area contributed by atoms with Crippen LogP contribution in [0.5, 0.6) is 0 Å². The zero-order valence-electron chi connectivity index (χ0n) is 6.00. The van der Waals surface area contributed by atoms with E-state index in [2.05, 4.69) is 0 Å². The highest BCUT2D eigenvalue weighted by Gasteiger charge is 2.42. The molecular formula is C7H7F2NO2. The average molecular weight is 175 g/mol. The van der Waals surface area contributed by atoms with Gasteiger partial charge in [0.2, 0.25) is 0 Å². The van der Waals surface area contributed by atoms with Crippen LogP contribution in [-0.2, 0) is 4.79 Å². The molecular weight excluding hydrogens is 168 g/mol. The summed E-state index contributed by atoms with van der Waals surface area (Å²) < 4.78 is 25.5. The van der Waals surface area contributed by atoms with Gasteiger partial charge in [-0.25, -0.2) is 8.78 Å². The van der Waals surface area contributed by atoms with Crippen LogP contribution in [0.4, 0.5) is 8.78 Å². The number of hydrogen-bond donors (Lipinski definition) is 2. The molecule has 66 valence electrons. The number of carboxylic acid groups (broad SMARTS) is 1. The van der Waals surface area contributed by atoms with Gasteiger partial charge in [-0.05, 0) is 18.2 Å². The Morgan fingerprint density at radius 1 is 1.67 bits per heavy atom. The summed E-state index contributed by atoms with van der Waals surface area (Å²) in [5.74, 6) is -6.76. The lowest BCUT2D eigenvalue weighted by Crippen LogP contribution is -2.33. The Kier molecular flexibility index (Phi) is 1.87. The minimum Gasteiger partial charge on any atom is -0.481 e. The number of rotatable bonds is 1. The molecule has 0 aromatic carbocycles. The standard InChI is InChI=1S/C7H7F2NO2/c8-7(9)2-1-4(10)3-5(7)6(11)12/h1-3,5H,10H2,(H,11,12). The van der Waals surface area contributed by atoms with Crippen LogP contribution in [0.1, 0.15) is 0 Å². The first kappa shape index (κ1) is 8.70. The van der Waals surface area contributed by atoms with Crippen LogP contribution in [0.25, 0.3) is 0 Å². The van der Waals surface area contributed by atoms with Crippen LogP contribution in [-0.4, -0.2) is 17.0 Å². The van der Waals surface area contributed by atoms with Crippen molar-refractivity contribution in [3.63, 3.8) is 0 Å². The topological polar surface area (TPSA) is 63.3 Å². The Morgan fingerprint density at radius 3 is 2.67 bits per heavy atom. The van der Waals surface area contributed by atoms with E-state index in [-0.39, 0.29) is 5.70 Å². The molecule has 1 rings (SSSR count). The second-order valence-electron chi connectivity index (χ2n) is 2.49. The summed E-state index contributed by atoms with van der Waals surface area (Å²) in [6, 6.07) is 0. The lowest BCUT2D eigenvalue weighted by Gasteiger charge is -2.20. The summed E-state index contributed by atoms with van der Waals surface area (Å²) >= 11 is 0. The number of nitrogens with two attached hydrogens (primary N) is 1. The number of carboxylic acids is 1. The van der Waals surface area contributed by atoms with E-state index in [1.807, 2.05) is 0 Å². The van der Waals surface area contributed by atoms with Gasteiger partial charge in [0.25, 0.3) is 5.92 Å². The van der Waals surface area contributed by atoms with Gasteiger partial charge >= 0.3 is 5.97 Å². The molecule has 0 heterocycles. The van der Waals surface area contributed by atoms with Gasteiger partial charge in [0.1, 0.15) is 5.92 Å². The van der Waals surface area contributed by atoms with E-state index in [0.717, 1.165) is 12.2 Å². The van der Waals surface area contributed by atoms with Crippen molar-refractivity contribution in [1.29, 1.82) is 0 Å². The molecule has 0 saturated heterocycles. The second kappa shape index (κ2) is 2.58. The third kappa shape index (κ3) is 1.44. The van der Waals surface area contributed by atoms with Gasteiger partial charge in [-0.15, -0.1) is 0 Å². The summed E-state index contributed by atoms with van der Waals surface area (Å²) in [7, 11) is 0. The maximum atomic E-state index is 12.7. The first-order valence-corrected chi connectivity index (χ1v) is 3.20. The first-order valence-electron chi connectivity index (χ1n) is 3.20. The Morgan fingerprint density at radius 2 is 2.25 bits per heavy atom. The van der Waals surface area contributed by atoms with Crippen LogP contribution in [0, 0.1) is 5.92 Å². The second-order valence-corrected chi connectivity index (χ2v) is 2.49. The smallest absolute Gasteiger partial charge is 0.316 e. The molecule has 12 heavy (non-hydrogen) atoms. The van der Waals surface area contributed by atoms with Gasteiger partial charge in [-0.2, -0.15) is 0 Å². The average Bonchev–Trinajstić information content (AvgIpc) is 1.94. The molecule has 0 saturated carbocycles. The SMILES string of the molecule is NC1=CC(C(=O)O)C(F)(F)C=C1. The Bertz CT molecular complexity index is 271. The number of carbonyl (C=O) groups is 1. The van der Waals surface area contributed by atoms with Crippen LogP contribution in [0.15, 0.2) is 23.9 Å². The molecule has 3 N–H and O–H groups in total. The summed E-state index contributed by atoms with van der Waals surface area (Å²) in [5, 5.41) is 8.38. The third-order valence-corrected chi connectivity index (χ3v) is 1.54. The van der Waals surface area contributed by atoms with Crippen molar-refractivity contribution < 1.29 is 18.7 Å². The quantitative estimate of drug-likeness (QED) is 0.617. The third-order valence-electron chi connectivity index (χ3n) is 1.54. The minimum absolute atomic E-state index is 0.0494. The Balaban J connectivity index is 2.98. The zero-order chi connectivity index (χ0) is 9.35. The highest BCUT2D eigenvalue weighted by atomic mass is 19.3. The van der Waals surface area contributed by atoms with E-state index >= 15 is 0 Å². The number of hydrogen-bond acceptors (Lipinski definition) is 2. The van der Waals surface area contributed by atoms with Gasteiger partial charge in [-0.1, -0.05) is 0 Å². The van der Waals surface area contributed by atoms with E-state index < -0.39 is 17.8 Å². The maximum absolute atomic E-state index is 12.7. The van der Waals surface area contributed by atoms with Crippen LogP contribution in [0.2, 0.25) is 0 Å². The Labute approximate surface area is 67.2 Å². The van der Waals surface area contributed by atoms with E-state index in [1.54, 1.807) is 0 Å². The lowest BCUT2D eigenvalue weighted by molar-refractivity contribution is -0.148. The summed E-state index contributed by atoms with van der Waals surface area (Å²) in [5.41, 5.74) is 5.21. The highest BCUT2D eigenvalue weighted by molar-refractivity contribution is 5.74. The van der Waals surface area contributed by atoms with Crippen LogP contribution < -0.4 is 5.73 Å². The van der Waals surface area contributed by atoms with Crippen molar-refractivity contribution >= 4 is 5.97 Å². The van der Waals surface area contributed by atoms with E-state index in [4.69, 9.17) is 10.8 Å². The monoisotopic (exact) mass is 175 g/mol. The van der Waals surface area contributed by atoms with Crippen molar-refractivity contribution in [3.05, 3.63) is 23.9 Å². The summed E-state index contributed by atoms with van der Waals surface area (Å²) in [4.78, 5) is 10.3. The maximum Gasteiger partial charge on any atom is 0.316 e. The molecule has 1 atom stereocenters. The van der Waals surface area contributed by atoms with Crippen LogP contribution >= 0.6 is 0 Å². The molecule has 1 aliphatic carbocycles. The van der Waals surface area contributed by atoms with Crippen molar-refractivity contribution in [2.24, 2.45) is 11.7 Å². The number of allylic oxidation sites excluding steroid dienone is 2. The van der Waals surface area contributed by atoms with Gasteiger partial charge in [0.05, 0.1) is 0 Å². The fourth-order valence-electron chi connectivity index (χ4n) is 0.906. The summed E-state index contributed by atoms with van der Waals surface area (Å²) in [6.45, 7) is 0. The molecule has 0 aliphatic heterocycles. The molecule has 1 unspecified atom stereocenters. The fourth-order valence-corrected chi connectivity index (χ4v) is 0.906. The Hall–Kier alpha value is -1.39. The predicted molar refractivity (Wildman–Crippen MR) is 37.5 cm³/mol. The molecule has 0 fully saturated rings. The van der Waals surface area contributed by atoms with Gasteiger partial charge in [0.15, 0.2) is 0 Å². The normalized spacial score (nSPS) is 26.5. The number of halogens is 2. The highest BCUT2D eigenvalue weighted by Crippen LogP contribution is 2.31. The van der Waals surface area contributed by atoms with E-state index in [9.17, 15) is 13.6 Å². The molecule has 0 radical (unpaired) electrons. The molecule has 0 spiro atoms. The largest absolute Gasteiger partial charge is 0.481 e. The number of aliphatic carboxylic acids is 1. The first-order chi connectivity index (χ1) is 5.43. The molecule has 3 nitrogen and oxygen atoms in total. The van der Waals surface area contributed by atoms with Gasteiger partial charge in [-0.3, -0.25) is 4.79 Å².